The van der Waals surface area contributed by atoms with Crippen molar-refractivity contribution in [2.75, 3.05) is 0 Å². The zero-order valence-electron chi connectivity index (χ0n) is 10.3. The van der Waals surface area contributed by atoms with E-state index in [0.717, 1.165) is 26.9 Å². The highest BCUT2D eigenvalue weighted by Crippen LogP contribution is 2.33. The second-order valence-corrected chi connectivity index (χ2v) is 5.40. The molecule has 0 radical (unpaired) electrons. The van der Waals surface area contributed by atoms with E-state index in [9.17, 15) is 4.79 Å². The summed E-state index contributed by atoms with van der Waals surface area (Å²) in [6.07, 6.45) is 1.80. The fraction of sp³-hybridized carbons (Fsp3) is 0.0667. The van der Waals surface area contributed by atoms with Crippen molar-refractivity contribution < 1.29 is 9.90 Å². The van der Waals surface area contributed by atoms with Crippen LogP contribution in [0.2, 0.25) is 0 Å². The Morgan fingerprint density at radius 3 is 2.79 bits per heavy atom. The van der Waals surface area contributed by atoms with Gasteiger partial charge in [-0.05, 0) is 30.7 Å². The lowest BCUT2D eigenvalue weighted by atomic mass is 10.1. The number of hydrogen-bond acceptors (Lipinski definition) is 3. The minimum Gasteiger partial charge on any atom is -0.477 e. The standard InChI is InChI=1S/C15H11NO2S/c1-9-6-13(15(17)18)19-14(9)11-7-10-4-2-3-5-12(10)16-8-11/h2-8H,1H3,(H,17,18). The molecule has 0 unspecified atom stereocenters. The quantitative estimate of drug-likeness (QED) is 0.765. The molecule has 0 aliphatic rings. The molecule has 19 heavy (non-hydrogen) atoms. The Balaban J connectivity index is 2.16. The molecule has 0 fully saturated rings. The number of aromatic carboxylic acids is 1. The summed E-state index contributed by atoms with van der Waals surface area (Å²) in [5, 5.41) is 10.1. The van der Waals surface area contributed by atoms with Crippen LogP contribution in [0.15, 0.2) is 42.6 Å². The van der Waals surface area contributed by atoms with E-state index in [2.05, 4.69) is 4.98 Å². The summed E-state index contributed by atoms with van der Waals surface area (Å²) >= 11 is 1.29. The van der Waals surface area contributed by atoms with Crippen LogP contribution in [0.25, 0.3) is 21.3 Å². The highest BCUT2D eigenvalue weighted by Gasteiger charge is 2.13. The lowest BCUT2D eigenvalue weighted by Crippen LogP contribution is -1.89. The van der Waals surface area contributed by atoms with Crippen LogP contribution >= 0.6 is 11.3 Å². The number of nitrogens with zero attached hydrogens (tertiary/aromatic N) is 1. The maximum Gasteiger partial charge on any atom is 0.345 e. The first-order chi connectivity index (χ1) is 9.15. The molecule has 3 aromatic rings. The molecule has 1 N–H and O–H groups in total. The van der Waals surface area contributed by atoms with Gasteiger partial charge in [-0.3, -0.25) is 4.98 Å². The second-order valence-electron chi connectivity index (χ2n) is 4.34. The number of pyridine rings is 1. The van der Waals surface area contributed by atoms with Gasteiger partial charge in [0.25, 0.3) is 0 Å². The fourth-order valence-electron chi connectivity index (χ4n) is 2.07. The Kier molecular flexibility index (Phi) is 2.80. The fourth-order valence-corrected chi connectivity index (χ4v) is 3.06. The van der Waals surface area contributed by atoms with Gasteiger partial charge in [0.05, 0.1) is 5.52 Å². The Bertz CT molecular complexity index is 777. The highest BCUT2D eigenvalue weighted by molar-refractivity contribution is 7.17. The van der Waals surface area contributed by atoms with Crippen LogP contribution in [0.4, 0.5) is 0 Å². The molecule has 3 nitrogen and oxygen atoms in total. The number of carboxylic acid groups (broad SMARTS) is 1. The van der Waals surface area contributed by atoms with Crippen molar-refractivity contribution in [3.63, 3.8) is 0 Å². The van der Waals surface area contributed by atoms with Gasteiger partial charge in [0.2, 0.25) is 0 Å². The molecule has 0 spiro atoms. The first kappa shape index (κ1) is 11.9. The summed E-state index contributed by atoms with van der Waals surface area (Å²) in [7, 11) is 0. The third-order valence-electron chi connectivity index (χ3n) is 2.98. The number of para-hydroxylation sites is 1. The van der Waals surface area contributed by atoms with Crippen molar-refractivity contribution in [3.8, 4) is 10.4 Å². The average Bonchev–Trinajstić information content (AvgIpc) is 2.80. The van der Waals surface area contributed by atoms with Gasteiger partial charge < -0.3 is 5.11 Å². The topological polar surface area (TPSA) is 50.2 Å². The van der Waals surface area contributed by atoms with Crippen LogP contribution in [-0.4, -0.2) is 16.1 Å². The molecule has 2 heterocycles. The van der Waals surface area contributed by atoms with Crippen LogP contribution in [-0.2, 0) is 0 Å². The molecule has 0 amide bonds. The lowest BCUT2D eigenvalue weighted by molar-refractivity contribution is 0.0702. The molecule has 0 saturated carbocycles. The molecule has 4 heteroatoms. The van der Waals surface area contributed by atoms with E-state index >= 15 is 0 Å². The second kappa shape index (κ2) is 4.48. The molecule has 0 saturated heterocycles. The van der Waals surface area contributed by atoms with Crippen LogP contribution < -0.4 is 0 Å². The van der Waals surface area contributed by atoms with Gasteiger partial charge in [0.15, 0.2) is 0 Å². The predicted octanol–water partition coefficient (Wildman–Crippen LogP) is 3.97. The smallest absolute Gasteiger partial charge is 0.345 e. The van der Waals surface area contributed by atoms with Gasteiger partial charge in [0, 0.05) is 22.0 Å². The number of aryl methyl sites for hydroxylation is 1. The predicted molar refractivity (Wildman–Crippen MR) is 76.8 cm³/mol. The summed E-state index contributed by atoms with van der Waals surface area (Å²) in [4.78, 5) is 16.7. The molecule has 0 aliphatic carbocycles. The third kappa shape index (κ3) is 2.11. The number of carbonyl (C=O) groups is 1. The van der Waals surface area contributed by atoms with Crippen molar-refractivity contribution in [2.45, 2.75) is 6.92 Å². The molecular formula is C15H11NO2S. The van der Waals surface area contributed by atoms with Crippen LogP contribution in [0.3, 0.4) is 0 Å². The van der Waals surface area contributed by atoms with Crippen LogP contribution in [0.1, 0.15) is 15.2 Å². The van der Waals surface area contributed by atoms with E-state index in [4.69, 9.17) is 5.11 Å². The number of rotatable bonds is 2. The normalized spacial score (nSPS) is 10.8. The van der Waals surface area contributed by atoms with Gasteiger partial charge in [-0.2, -0.15) is 0 Å². The van der Waals surface area contributed by atoms with Crippen molar-refractivity contribution in [3.05, 3.63) is 53.0 Å². The number of benzene rings is 1. The van der Waals surface area contributed by atoms with Crippen LogP contribution in [0, 0.1) is 6.92 Å². The Morgan fingerprint density at radius 2 is 2.05 bits per heavy atom. The maximum absolute atomic E-state index is 11.0. The minimum absolute atomic E-state index is 0.362. The van der Waals surface area contributed by atoms with Crippen molar-refractivity contribution in [2.24, 2.45) is 0 Å². The summed E-state index contributed by atoms with van der Waals surface area (Å²) in [6.45, 7) is 1.92. The molecule has 2 aromatic heterocycles. The van der Waals surface area contributed by atoms with E-state index < -0.39 is 5.97 Å². The minimum atomic E-state index is -0.881. The molecule has 0 bridgehead atoms. The molecular weight excluding hydrogens is 258 g/mol. The molecule has 0 atom stereocenters. The van der Waals surface area contributed by atoms with E-state index in [0.29, 0.717) is 4.88 Å². The SMILES string of the molecule is Cc1cc(C(=O)O)sc1-c1cnc2ccccc2c1. The summed E-state index contributed by atoms with van der Waals surface area (Å²) in [5.74, 6) is -0.881. The number of aromatic nitrogens is 1. The molecule has 3 rings (SSSR count). The molecule has 94 valence electrons. The number of thiophene rings is 1. The van der Waals surface area contributed by atoms with Gasteiger partial charge >= 0.3 is 5.97 Å². The summed E-state index contributed by atoms with van der Waals surface area (Å²) < 4.78 is 0. The van der Waals surface area contributed by atoms with Gasteiger partial charge in [0.1, 0.15) is 4.88 Å². The maximum atomic E-state index is 11.0. The largest absolute Gasteiger partial charge is 0.477 e. The number of hydrogen-bond donors (Lipinski definition) is 1. The zero-order chi connectivity index (χ0) is 13.4. The van der Waals surface area contributed by atoms with Gasteiger partial charge in [-0.15, -0.1) is 11.3 Å². The first-order valence-corrected chi connectivity index (χ1v) is 6.66. The highest BCUT2D eigenvalue weighted by atomic mass is 32.1. The molecule has 0 aliphatic heterocycles. The van der Waals surface area contributed by atoms with Crippen molar-refractivity contribution in [1.82, 2.24) is 4.98 Å². The van der Waals surface area contributed by atoms with Gasteiger partial charge in [-0.1, -0.05) is 18.2 Å². The average molecular weight is 269 g/mol. The number of carboxylic acids is 1. The van der Waals surface area contributed by atoms with E-state index in [1.54, 1.807) is 12.3 Å². The Labute approximate surface area is 114 Å². The first-order valence-electron chi connectivity index (χ1n) is 5.84. The monoisotopic (exact) mass is 269 g/mol. The van der Waals surface area contributed by atoms with E-state index in [-0.39, 0.29) is 0 Å². The number of fused-ring (bicyclic) bond motifs is 1. The summed E-state index contributed by atoms with van der Waals surface area (Å²) in [5.41, 5.74) is 2.88. The zero-order valence-corrected chi connectivity index (χ0v) is 11.1. The van der Waals surface area contributed by atoms with Crippen molar-refractivity contribution in [1.29, 1.82) is 0 Å². The van der Waals surface area contributed by atoms with Crippen LogP contribution in [0.5, 0.6) is 0 Å². The third-order valence-corrected chi connectivity index (χ3v) is 4.26. The molecule has 1 aromatic carbocycles. The lowest BCUT2D eigenvalue weighted by Gasteiger charge is -2.02. The Morgan fingerprint density at radius 1 is 1.26 bits per heavy atom. The van der Waals surface area contributed by atoms with Gasteiger partial charge in [-0.25, -0.2) is 4.79 Å². The Hall–Kier alpha value is -2.20. The van der Waals surface area contributed by atoms with E-state index in [1.807, 2.05) is 37.3 Å². The van der Waals surface area contributed by atoms with Crippen molar-refractivity contribution >= 4 is 28.2 Å². The van der Waals surface area contributed by atoms with E-state index in [1.165, 1.54) is 11.3 Å². The summed E-state index contributed by atoms with van der Waals surface area (Å²) in [6, 6.07) is 11.6.